The molecular formula is C38H36N6O. The average Bonchev–Trinajstić information content (AvgIpc) is 3.59. The number of nitrogens with zero attached hydrogens (tertiary/aromatic N) is 4. The van der Waals surface area contributed by atoms with Crippen molar-refractivity contribution in [3.8, 4) is 22.5 Å². The second kappa shape index (κ2) is 13.1. The molecule has 1 heterocycles. The van der Waals surface area contributed by atoms with Gasteiger partial charge in [0.2, 0.25) is 11.7 Å². The van der Waals surface area contributed by atoms with Gasteiger partial charge in [0.25, 0.3) is 0 Å². The van der Waals surface area contributed by atoms with E-state index in [-0.39, 0.29) is 11.8 Å². The van der Waals surface area contributed by atoms with Gasteiger partial charge in [-0.3, -0.25) is 4.79 Å². The van der Waals surface area contributed by atoms with Crippen molar-refractivity contribution in [3.05, 3.63) is 162 Å². The van der Waals surface area contributed by atoms with Crippen LogP contribution in [0.5, 0.6) is 0 Å². The number of carbonyl (C=O) groups is 1. The maximum atomic E-state index is 12.3. The molecule has 0 aliphatic rings. The van der Waals surface area contributed by atoms with Crippen molar-refractivity contribution in [1.82, 2.24) is 25.5 Å². The van der Waals surface area contributed by atoms with Crippen molar-refractivity contribution >= 4 is 5.91 Å². The molecule has 0 fully saturated rings. The maximum absolute atomic E-state index is 12.3. The van der Waals surface area contributed by atoms with Crippen molar-refractivity contribution in [3.63, 3.8) is 0 Å². The van der Waals surface area contributed by atoms with Gasteiger partial charge in [0, 0.05) is 12.1 Å². The van der Waals surface area contributed by atoms with Crippen LogP contribution in [0, 0.1) is 5.92 Å². The molecule has 0 saturated carbocycles. The van der Waals surface area contributed by atoms with Crippen molar-refractivity contribution in [1.29, 1.82) is 0 Å². The van der Waals surface area contributed by atoms with Crippen LogP contribution in [0.4, 0.5) is 0 Å². The van der Waals surface area contributed by atoms with Gasteiger partial charge in [0.1, 0.15) is 0 Å². The minimum atomic E-state index is -0.853. The summed E-state index contributed by atoms with van der Waals surface area (Å²) >= 11 is 0. The molecule has 6 rings (SSSR count). The molecule has 0 aliphatic carbocycles. The van der Waals surface area contributed by atoms with Gasteiger partial charge in [0.15, 0.2) is 5.54 Å². The summed E-state index contributed by atoms with van der Waals surface area (Å²) in [6.07, 6.45) is 0. The first-order valence-corrected chi connectivity index (χ1v) is 15.2. The molecule has 0 unspecified atom stereocenters. The summed E-state index contributed by atoms with van der Waals surface area (Å²) in [7, 11) is 0. The Balaban J connectivity index is 1.39. The van der Waals surface area contributed by atoms with Crippen molar-refractivity contribution < 1.29 is 4.79 Å². The summed E-state index contributed by atoms with van der Waals surface area (Å²) in [6, 6.07) is 46.6. The van der Waals surface area contributed by atoms with Gasteiger partial charge in [-0.05, 0) is 44.5 Å². The minimum Gasteiger partial charge on any atom is -0.351 e. The largest absolute Gasteiger partial charge is 0.351 e. The zero-order valence-corrected chi connectivity index (χ0v) is 25.4. The summed E-state index contributed by atoms with van der Waals surface area (Å²) in [4.78, 5) is 14.1. The number of tetrazole rings is 1. The molecule has 7 nitrogen and oxygen atoms in total. The van der Waals surface area contributed by atoms with Crippen LogP contribution in [-0.4, -0.2) is 32.2 Å². The Labute approximate surface area is 263 Å². The van der Waals surface area contributed by atoms with Crippen LogP contribution in [-0.2, 0) is 16.9 Å². The number of nitrogens with one attached hydrogen (secondary N) is 1. The van der Waals surface area contributed by atoms with Crippen LogP contribution >= 0.6 is 0 Å². The fourth-order valence-corrected chi connectivity index (χ4v) is 5.69. The molecule has 224 valence electrons. The number of benzene rings is 5. The van der Waals surface area contributed by atoms with E-state index < -0.39 is 11.6 Å². The van der Waals surface area contributed by atoms with Crippen molar-refractivity contribution in [2.75, 3.05) is 0 Å². The molecule has 0 saturated heterocycles. The smallest absolute Gasteiger partial charge is 0.237 e. The number of hydrogen-bond donors (Lipinski definition) is 2. The van der Waals surface area contributed by atoms with E-state index in [1.54, 1.807) is 4.80 Å². The number of hydrogen-bond acceptors (Lipinski definition) is 5. The Morgan fingerprint density at radius 3 is 1.71 bits per heavy atom. The Bertz CT molecular complexity index is 1760. The van der Waals surface area contributed by atoms with E-state index in [2.05, 4.69) is 65.0 Å². The zero-order chi connectivity index (χ0) is 31.2. The summed E-state index contributed by atoms with van der Waals surface area (Å²) < 4.78 is 0. The Kier molecular flexibility index (Phi) is 8.62. The molecule has 6 aromatic rings. The first kappa shape index (κ1) is 29.7. The van der Waals surface area contributed by atoms with Gasteiger partial charge < -0.3 is 11.1 Å². The highest BCUT2D eigenvalue weighted by atomic mass is 16.2. The Morgan fingerprint density at radius 2 is 1.20 bits per heavy atom. The predicted octanol–water partition coefficient (Wildman–Crippen LogP) is 6.45. The van der Waals surface area contributed by atoms with Gasteiger partial charge in [-0.15, -0.1) is 15.0 Å². The van der Waals surface area contributed by atoms with Gasteiger partial charge in [-0.2, -0.15) is 0 Å². The fourth-order valence-electron chi connectivity index (χ4n) is 5.69. The van der Waals surface area contributed by atoms with E-state index in [1.165, 1.54) is 0 Å². The summed E-state index contributed by atoms with van der Waals surface area (Å²) in [5, 5.41) is 17.4. The summed E-state index contributed by atoms with van der Waals surface area (Å²) in [5.41, 5.74) is 12.1. The second-order valence-corrected chi connectivity index (χ2v) is 11.4. The van der Waals surface area contributed by atoms with Crippen LogP contribution in [0.25, 0.3) is 22.5 Å². The SMILES string of the molecule is CC(C)[C@H](N)C(=O)NCc1ccc(-c2ccccc2-c2nnn(C(c3ccccc3)(c3ccccc3)c3ccccc3)n2)cc1. The summed E-state index contributed by atoms with van der Waals surface area (Å²) in [6.45, 7) is 4.29. The van der Waals surface area contributed by atoms with E-state index in [4.69, 9.17) is 16.0 Å². The van der Waals surface area contributed by atoms with Crippen LogP contribution in [0.15, 0.2) is 140 Å². The molecule has 0 spiro atoms. The Morgan fingerprint density at radius 1 is 0.711 bits per heavy atom. The number of rotatable bonds is 10. The predicted molar refractivity (Wildman–Crippen MR) is 178 cm³/mol. The van der Waals surface area contributed by atoms with Crippen LogP contribution in [0.1, 0.15) is 36.1 Å². The van der Waals surface area contributed by atoms with Gasteiger partial charge >= 0.3 is 0 Å². The van der Waals surface area contributed by atoms with E-state index in [0.29, 0.717) is 12.4 Å². The topological polar surface area (TPSA) is 98.7 Å². The first-order valence-electron chi connectivity index (χ1n) is 15.2. The minimum absolute atomic E-state index is 0.0775. The lowest BCUT2D eigenvalue weighted by molar-refractivity contribution is -0.123. The second-order valence-electron chi connectivity index (χ2n) is 11.4. The third-order valence-electron chi connectivity index (χ3n) is 8.21. The number of aromatic nitrogens is 4. The lowest BCUT2D eigenvalue weighted by Crippen LogP contribution is -2.43. The molecule has 0 bridgehead atoms. The third kappa shape index (κ3) is 5.90. The molecule has 3 N–H and O–H groups in total. The van der Waals surface area contributed by atoms with E-state index in [1.807, 2.05) is 98.8 Å². The van der Waals surface area contributed by atoms with Crippen LogP contribution in [0.2, 0.25) is 0 Å². The normalized spacial score (nSPS) is 12.2. The lowest BCUT2D eigenvalue weighted by atomic mass is 9.77. The Hall–Kier alpha value is -5.40. The van der Waals surface area contributed by atoms with Gasteiger partial charge in [0.05, 0.1) is 6.04 Å². The van der Waals surface area contributed by atoms with Gasteiger partial charge in [-0.1, -0.05) is 153 Å². The molecule has 45 heavy (non-hydrogen) atoms. The van der Waals surface area contributed by atoms with E-state index >= 15 is 0 Å². The number of carbonyl (C=O) groups excluding carboxylic acids is 1. The highest BCUT2D eigenvalue weighted by molar-refractivity contribution is 5.82. The van der Waals surface area contributed by atoms with Crippen molar-refractivity contribution in [2.24, 2.45) is 11.7 Å². The highest BCUT2D eigenvalue weighted by Crippen LogP contribution is 2.40. The highest BCUT2D eigenvalue weighted by Gasteiger charge is 2.41. The molecule has 1 amide bonds. The van der Waals surface area contributed by atoms with Gasteiger partial charge in [-0.25, -0.2) is 0 Å². The molecule has 1 atom stereocenters. The zero-order valence-electron chi connectivity index (χ0n) is 25.4. The molecule has 0 aliphatic heterocycles. The quantitative estimate of drug-likeness (QED) is 0.178. The average molecular weight is 593 g/mol. The monoisotopic (exact) mass is 592 g/mol. The van der Waals surface area contributed by atoms with E-state index in [0.717, 1.165) is 38.9 Å². The summed E-state index contributed by atoms with van der Waals surface area (Å²) in [5.74, 6) is 0.455. The first-order chi connectivity index (χ1) is 22.0. The van der Waals surface area contributed by atoms with Crippen LogP contribution < -0.4 is 11.1 Å². The molecule has 5 aromatic carbocycles. The molecule has 0 radical (unpaired) electrons. The van der Waals surface area contributed by atoms with Crippen molar-refractivity contribution in [2.45, 2.75) is 32.0 Å². The van der Waals surface area contributed by atoms with Crippen LogP contribution in [0.3, 0.4) is 0 Å². The molecule has 7 heteroatoms. The maximum Gasteiger partial charge on any atom is 0.237 e. The number of nitrogens with two attached hydrogens (primary N) is 1. The number of amides is 1. The standard InChI is InChI=1S/C38H36N6O/c1-27(2)35(39)37(45)40-26-28-22-24-29(25-23-28)33-20-12-13-21-34(33)36-41-43-44(42-36)38(30-14-6-3-7-15-30,31-16-8-4-9-17-31)32-18-10-5-11-19-32/h3-25,27,35H,26,39H2,1-2H3,(H,40,45)/t35-/m0/s1. The van der Waals surface area contributed by atoms with E-state index in [9.17, 15) is 4.79 Å². The lowest BCUT2D eigenvalue weighted by Gasteiger charge is -2.34. The third-order valence-corrected chi connectivity index (χ3v) is 8.21. The molecule has 1 aromatic heterocycles. The molecular weight excluding hydrogens is 556 g/mol. The fraction of sp³-hybridized carbons (Fsp3) is 0.158.